The molecule has 2 amide bonds. The number of anilines is 2. The number of amides is 2. The molecular formula is C22H23N7O5S2. The number of nitrogens with zero attached hydrogens (tertiary/aromatic N) is 5. The van der Waals surface area contributed by atoms with Crippen molar-refractivity contribution in [1.82, 2.24) is 24.8 Å². The average molecular weight is 530 g/mol. The molecule has 1 aliphatic rings. The number of fused-ring (bicyclic) bond motifs is 2. The minimum atomic E-state index is -3.39. The monoisotopic (exact) mass is 529 g/mol. The van der Waals surface area contributed by atoms with Gasteiger partial charge in [-0.05, 0) is 37.1 Å². The van der Waals surface area contributed by atoms with Crippen LogP contribution in [0.15, 0.2) is 41.7 Å². The van der Waals surface area contributed by atoms with E-state index in [2.05, 4.69) is 25.3 Å². The SMILES string of the molecule is CN(C(=O)O)C1(C(=O)Nc2nc3ccc(S(C)(=O)=O)cc3s2)CCN(c2ncnc3[nH]ccc23)CC1. The van der Waals surface area contributed by atoms with Crippen LogP contribution in [0.25, 0.3) is 21.3 Å². The van der Waals surface area contributed by atoms with Gasteiger partial charge in [-0.1, -0.05) is 11.3 Å². The molecule has 1 aliphatic heterocycles. The molecule has 4 heterocycles. The minimum absolute atomic E-state index is 0.159. The van der Waals surface area contributed by atoms with E-state index in [1.54, 1.807) is 12.3 Å². The normalized spacial score (nSPS) is 15.8. The topological polar surface area (TPSA) is 161 Å². The number of hydrogen-bond donors (Lipinski definition) is 3. The van der Waals surface area contributed by atoms with Crippen molar-refractivity contribution in [2.75, 3.05) is 36.6 Å². The van der Waals surface area contributed by atoms with Gasteiger partial charge in [0.05, 0.1) is 20.5 Å². The Balaban J connectivity index is 1.41. The number of benzene rings is 1. The maximum Gasteiger partial charge on any atom is 0.407 e. The van der Waals surface area contributed by atoms with Gasteiger partial charge >= 0.3 is 6.09 Å². The molecule has 0 radical (unpaired) electrons. The number of aromatic nitrogens is 4. The molecule has 5 rings (SSSR count). The van der Waals surface area contributed by atoms with E-state index >= 15 is 0 Å². The van der Waals surface area contributed by atoms with Crippen LogP contribution < -0.4 is 10.2 Å². The van der Waals surface area contributed by atoms with Gasteiger partial charge in [0.2, 0.25) is 0 Å². The summed E-state index contributed by atoms with van der Waals surface area (Å²) >= 11 is 1.13. The molecule has 0 aliphatic carbocycles. The number of carbonyl (C=O) groups excluding carboxylic acids is 1. The van der Waals surface area contributed by atoms with Gasteiger partial charge < -0.3 is 15.0 Å². The Labute approximate surface area is 209 Å². The Kier molecular flexibility index (Phi) is 5.79. The van der Waals surface area contributed by atoms with Crippen molar-refractivity contribution in [3.63, 3.8) is 0 Å². The van der Waals surface area contributed by atoms with Gasteiger partial charge in [0.25, 0.3) is 5.91 Å². The van der Waals surface area contributed by atoms with Gasteiger partial charge in [-0.2, -0.15) is 0 Å². The van der Waals surface area contributed by atoms with Gasteiger partial charge in [0, 0.05) is 32.6 Å². The Morgan fingerprint density at radius 1 is 1.22 bits per heavy atom. The fraction of sp³-hybridized carbons (Fsp3) is 0.318. The van der Waals surface area contributed by atoms with Crippen LogP contribution in [0.2, 0.25) is 0 Å². The molecule has 14 heteroatoms. The van der Waals surface area contributed by atoms with Gasteiger partial charge in [-0.15, -0.1) is 0 Å². The molecule has 0 atom stereocenters. The highest BCUT2D eigenvalue weighted by atomic mass is 32.2. The van der Waals surface area contributed by atoms with Gasteiger partial charge in [-0.25, -0.2) is 28.2 Å². The molecule has 36 heavy (non-hydrogen) atoms. The predicted octanol–water partition coefficient (Wildman–Crippen LogP) is 2.56. The van der Waals surface area contributed by atoms with E-state index in [-0.39, 0.29) is 22.9 Å². The lowest BCUT2D eigenvalue weighted by atomic mass is 9.85. The van der Waals surface area contributed by atoms with Gasteiger partial charge in [-0.3, -0.25) is 15.0 Å². The maximum atomic E-state index is 13.6. The number of sulfone groups is 1. The summed E-state index contributed by atoms with van der Waals surface area (Å²) in [6.45, 7) is 0.805. The van der Waals surface area contributed by atoms with Crippen LogP contribution >= 0.6 is 11.3 Å². The van der Waals surface area contributed by atoms with E-state index in [0.29, 0.717) is 29.0 Å². The van der Waals surface area contributed by atoms with E-state index in [0.717, 1.165) is 33.7 Å². The van der Waals surface area contributed by atoms with Crippen LogP contribution in [0.3, 0.4) is 0 Å². The minimum Gasteiger partial charge on any atom is -0.465 e. The fourth-order valence-corrected chi connectivity index (χ4v) is 6.12. The molecule has 0 saturated carbocycles. The molecule has 4 aromatic rings. The molecule has 1 fully saturated rings. The number of thiazole rings is 1. The van der Waals surface area contributed by atoms with E-state index < -0.39 is 27.4 Å². The van der Waals surface area contributed by atoms with Crippen molar-refractivity contribution in [3.8, 4) is 0 Å². The van der Waals surface area contributed by atoms with Crippen molar-refractivity contribution in [1.29, 1.82) is 0 Å². The zero-order valence-corrected chi connectivity index (χ0v) is 21.1. The molecule has 0 bridgehead atoms. The predicted molar refractivity (Wildman–Crippen MR) is 135 cm³/mol. The van der Waals surface area contributed by atoms with Crippen LogP contribution in [0.1, 0.15) is 12.8 Å². The number of aromatic amines is 1. The molecule has 0 unspecified atom stereocenters. The molecular weight excluding hydrogens is 506 g/mol. The third-order valence-corrected chi connectivity index (χ3v) is 8.63. The second-order valence-electron chi connectivity index (χ2n) is 8.67. The zero-order chi connectivity index (χ0) is 25.7. The highest BCUT2D eigenvalue weighted by molar-refractivity contribution is 7.90. The summed E-state index contributed by atoms with van der Waals surface area (Å²) in [5.41, 5.74) is -0.0768. The lowest BCUT2D eigenvalue weighted by Crippen LogP contribution is -2.62. The number of carbonyl (C=O) groups is 2. The number of rotatable bonds is 5. The third kappa shape index (κ3) is 4.11. The van der Waals surface area contributed by atoms with E-state index in [1.165, 1.54) is 25.5 Å². The van der Waals surface area contributed by atoms with Gasteiger partial charge in [0.1, 0.15) is 23.3 Å². The Hall–Kier alpha value is -3.78. The third-order valence-electron chi connectivity index (χ3n) is 6.58. The van der Waals surface area contributed by atoms with Crippen LogP contribution in [0.5, 0.6) is 0 Å². The first-order valence-electron chi connectivity index (χ1n) is 11.0. The van der Waals surface area contributed by atoms with Crippen molar-refractivity contribution in [2.24, 2.45) is 0 Å². The average Bonchev–Trinajstić information content (AvgIpc) is 3.48. The number of piperidine rings is 1. The number of nitrogens with one attached hydrogen (secondary N) is 2. The highest BCUT2D eigenvalue weighted by Gasteiger charge is 2.47. The number of H-pyrrole nitrogens is 1. The molecule has 1 saturated heterocycles. The molecule has 3 N–H and O–H groups in total. The van der Waals surface area contributed by atoms with Crippen molar-refractivity contribution in [2.45, 2.75) is 23.3 Å². The Morgan fingerprint density at radius 3 is 2.67 bits per heavy atom. The van der Waals surface area contributed by atoms with Crippen LogP contribution in [-0.4, -0.2) is 82.3 Å². The second kappa shape index (κ2) is 8.71. The zero-order valence-electron chi connectivity index (χ0n) is 19.4. The first kappa shape index (κ1) is 23.9. The largest absolute Gasteiger partial charge is 0.465 e. The molecule has 3 aromatic heterocycles. The summed E-state index contributed by atoms with van der Waals surface area (Å²) in [5.74, 6) is 0.241. The quantitative estimate of drug-likeness (QED) is 0.353. The molecule has 1 aromatic carbocycles. The summed E-state index contributed by atoms with van der Waals surface area (Å²) in [7, 11) is -2.00. The first-order chi connectivity index (χ1) is 17.1. The Bertz CT molecular complexity index is 1590. The van der Waals surface area contributed by atoms with Gasteiger partial charge in [0.15, 0.2) is 15.0 Å². The summed E-state index contributed by atoms with van der Waals surface area (Å²) in [6.07, 6.45) is 3.63. The van der Waals surface area contributed by atoms with Crippen LogP contribution in [-0.2, 0) is 14.6 Å². The van der Waals surface area contributed by atoms with E-state index in [9.17, 15) is 23.1 Å². The second-order valence-corrected chi connectivity index (χ2v) is 11.7. The fourth-order valence-electron chi connectivity index (χ4n) is 4.50. The van der Waals surface area contributed by atoms with Crippen molar-refractivity contribution in [3.05, 3.63) is 36.8 Å². The smallest absolute Gasteiger partial charge is 0.407 e. The first-order valence-corrected chi connectivity index (χ1v) is 13.7. The van der Waals surface area contributed by atoms with Crippen molar-refractivity contribution < 1.29 is 23.1 Å². The number of carboxylic acid groups (broad SMARTS) is 1. The lowest BCUT2D eigenvalue weighted by Gasteiger charge is -2.44. The standard InChI is InChI=1S/C22H23N7O5S2/c1-28(21(31)32)22(6-9-29(10-7-22)18-14-5-8-23-17(14)24-12-25-18)19(30)27-20-26-15-4-3-13(36(2,33)34)11-16(15)35-20/h3-5,8,11-12H,6-7,9-10H2,1-2H3,(H,31,32)(H,23,24,25)(H,26,27,30). The van der Waals surface area contributed by atoms with Crippen LogP contribution in [0, 0.1) is 0 Å². The van der Waals surface area contributed by atoms with Crippen LogP contribution in [0.4, 0.5) is 15.7 Å². The lowest BCUT2D eigenvalue weighted by molar-refractivity contribution is -0.127. The molecule has 12 nitrogen and oxygen atoms in total. The maximum absolute atomic E-state index is 13.6. The van der Waals surface area contributed by atoms with E-state index in [1.807, 2.05) is 11.0 Å². The van der Waals surface area contributed by atoms with E-state index in [4.69, 9.17) is 0 Å². The highest BCUT2D eigenvalue weighted by Crippen LogP contribution is 2.35. The summed E-state index contributed by atoms with van der Waals surface area (Å²) in [5, 5.41) is 13.7. The summed E-state index contributed by atoms with van der Waals surface area (Å²) < 4.78 is 24.3. The molecule has 188 valence electrons. The summed E-state index contributed by atoms with van der Waals surface area (Å²) in [6, 6.07) is 6.44. The van der Waals surface area contributed by atoms with Crippen molar-refractivity contribution >= 4 is 65.4 Å². The number of hydrogen-bond acceptors (Lipinski definition) is 9. The summed E-state index contributed by atoms with van der Waals surface area (Å²) in [4.78, 5) is 44.8. The number of likely N-dealkylation sites (N-methyl/N-ethyl adjacent to an activating group) is 1. The Morgan fingerprint density at radius 2 is 1.97 bits per heavy atom. The molecule has 0 spiro atoms.